The Labute approximate surface area is 91.9 Å². The molecule has 0 aliphatic heterocycles. The van der Waals surface area contributed by atoms with Crippen LogP contribution >= 0.6 is 12.6 Å². The van der Waals surface area contributed by atoms with Crippen molar-refractivity contribution in [3.8, 4) is 6.07 Å². The van der Waals surface area contributed by atoms with Gasteiger partial charge in [-0.1, -0.05) is 0 Å². The van der Waals surface area contributed by atoms with E-state index in [4.69, 9.17) is 10.00 Å². The largest absolute Gasteiger partial charge is 0.462 e. The number of thiol groups is 1. The summed E-state index contributed by atoms with van der Waals surface area (Å²) in [6.45, 7) is 1.87. The van der Waals surface area contributed by atoms with Crippen LogP contribution in [0.2, 0.25) is 0 Å². The second-order valence-electron chi connectivity index (χ2n) is 2.65. The van der Waals surface area contributed by atoms with Gasteiger partial charge in [-0.25, -0.2) is 9.18 Å². The Bertz CT molecular complexity index is 440. The van der Waals surface area contributed by atoms with Gasteiger partial charge in [0.25, 0.3) is 0 Å². The van der Waals surface area contributed by atoms with E-state index in [-0.39, 0.29) is 22.6 Å². The van der Waals surface area contributed by atoms with Crippen LogP contribution in [0.25, 0.3) is 0 Å². The number of halogens is 1. The van der Waals surface area contributed by atoms with Gasteiger partial charge in [-0.2, -0.15) is 5.26 Å². The van der Waals surface area contributed by atoms with Gasteiger partial charge in [-0.3, -0.25) is 0 Å². The number of carbonyl (C=O) groups excluding carboxylic acids is 1. The van der Waals surface area contributed by atoms with Gasteiger partial charge in [0, 0.05) is 4.90 Å². The van der Waals surface area contributed by atoms with E-state index >= 15 is 0 Å². The predicted molar refractivity (Wildman–Crippen MR) is 54.3 cm³/mol. The Morgan fingerprint density at radius 2 is 2.33 bits per heavy atom. The SMILES string of the molecule is CCOC(=O)c1ccc(F)c(C#N)c1S. The summed E-state index contributed by atoms with van der Waals surface area (Å²) in [5.74, 6) is -1.31. The van der Waals surface area contributed by atoms with Crippen molar-refractivity contribution >= 4 is 18.6 Å². The lowest BCUT2D eigenvalue weighted by Crippen LogP contribution is -2.07. The minimum atomic E-state index is -0.699. The third-order valence-electron chi connectivity index (χ3n) is 1.73. The first-order valence-corrected chi connectivity index (χ1v) is 4.65. The van der Waals surface area contributed by atoms with Crippen molar-refractivity contribution in [2.75, 3.05) is 6.61 Å². The highest BCUT2D eigenvalue weighted by Gasteiger charge is 2.16. The predicted octanol–water partition coefficient (Wildman–Crippen LogP) is 2.16. The first-order chi connectivity index (χ1) is 7.11. The smallest absolute Gasteiger partial charge is 0.339 e. The molecule has 0 saturated heterocycles. The highest BCUT2D eigenvalue weighted by Crippen LogP contribution is 2.22. The Morgan fingerprint density at radius 1 is 1.67 bits per heavy atom. The zero-order valence-corrected chi connectivity index (χ0v) is 8.85. The average Bonchev–Trinajstić information content (AvgIpc) is 2.18. The molecule has 0 amide bonds. The summed E-state index contributed by atoms with van der Waals surface area (Å²) in [7, 11) is 0. The number of benzene rings is 1. The first kappa shape index (κ1) is 11.5. The quantitative estimate of drug-likeness (QED) is 0.619. The second kappa shape index (κ2) is 4.80. The number of carbonyl (C=O) groups is 1. The fraction of sp³-hybridized carbons (Fsp3) is 0.200. The summed E-state index contributed by atoms with van der Waals surface area (Å²) < 4.78 is 17.8. The molecule has 5 heteroatoms. The van der Waals surface area contributed by atoms with Crippen LogP contribution in [0.15, 0.2) is 17.0 Å². The minimum Gasteiger partial charge on any atom is -0.462 e. The van der Waals surface area contributed by atoms with E-state index in [0.717, 1.165) is 6.07 Å². The molecule has 0 radical (unpaired) electrons. The highest BCUT2D eigenvalue weighted by atomic mass is 32.1. The van der Waals surface area contributed by atoms with Gasteiger partial charge in [0.1, 0.15) is 17.4 Å². The van der Waals surface area contributed by atoms with Gasteiger partial charge in [-0.15, -0.1) is 12.6 Å². The molecule has 15 heavy (non-hydrogen) atoms. The molecule has 1 aromatic rings. The number of ether oxygens (including phenoxy) is 1. The monoisotopic (exact) mass is 225 g/mol. The van der Waals surface area contributed by atoms with Crippen LogP contribution in [0.4, 0.5) is 4.39 Å². The van der Waals surface area contributed by atoms with Crippen molar-refractivity contribution in [3.63, 3.8) is 0 Å². The lowest BCUT2D eigenvalue weighted by molar-refractivity contribution is 0.0522. The maximum absolute atomic E-state index is 13.1. The van der Waals surface area contributed by atoms with Gasteiger partial charge >= 0.3 is 5.97 Å². The van der Waals surface area contributed by atoms with E-state index in [2.05, 4.69) is 12.6 Å². The van der Waals surface area contributed by atoms with E-state index in [0.29, 0.717) is 0 Å². The lowest BCUT2D eigenvalue weighted by atomic mass is 10.1. The molecule has 0 unspecified atom stereocenters. The van der Waals surface area contributed by atoms with E-state index in [1.54, 1.807) is 13.0 Å². The molecule has 0 aromatic heterocycles. The summed E-state index contributed by atoms with van der Waals surface area (Å²) >= 11 is 3.93. The van der Waals surface area contributed by atoms with Crippen LogP contribution in [0.1, 0.15) is 22.8 Å². The van der Waals surface area contributed by atoms with Crippen molar-refractivity contribution in [2.45, 2.75) is 11.8 Å². The van der Waals surface area contributed by atoms with Gasteiger partial charge in [0.05, 0.1) is 12.2 Å². The Morgan fingerprint density at radius 3 is 2.87 bits per heavy atom. The van der Waals surface area contributed by atoms with Crippen LogP contribution in [-0.2, 0) is 4.74 Å². The number of nitrogens with zero attached hydrogens (tertiary/aromatic N) is 1. The normalized spacial score (nSPS) is 9.47. The fourth-order valence-corrected chi connectivity index (χ4v) is 1.37. The fourth-order valence-electron chi connectivity index (χ4n) is 1.05. The number of esters is 1. The third kappa shape index (κ3) is 2.28. The van der Waals surface area contributed by atoms with Crippen LogP contribution in [0, 0.1) is 17.1 Å². The molecule has 0 fully saturated rings. The van der Waals surface area contributed by atoms with Crippen molar-refractivity contribution in [3.05, 3.63) is 29.1 Å². The zero-order valence-electron chi connectivity index (χ0n) is 7.95. The lowest BCUT2D eigenvalue weighted by Gasteiger charge is -2.06. The third-order valence-corrected chi connectivity index (χ3v) is 2.20. The van der Waals surface area contributed by atoms with Crippen molar-refractivity contribution in [2.24, 2.45) is 0 Å². The summed E-state index contributed by atoms with van der Waals surface area (Å²) in [5.41, 5.74) is -0.151. The second-order valence-corrected chi connectivity index (χ2v) is 3.10. The van der Waals surface area contributed by atoms with Crippen molar-refractivity contribution in [1.29, 1.82) is 5.26 Å². The van der Waals surface area contributed by atoms with Gasteiger partial charge in [-0.05, 0) is 19.1 Å². The van der Waals surface area contributed by atoms with Crippen LogP contribution < -0.4 is 0 Å². The average molecular weight is 225 g/mol. The molecule has 0 aliphatic rings. The summed E-state index contributed by atoms with van der Waals surface area (Å²) in [6.07, 6.45) is 0. The molecule has 0 N–H and O–H groups in total. The van der Waals surface area contributed by atoms with E-state index in [9.17, 15) is 9.18 Å². The maximum Gasteiger partial charge on any atom is 0.339 e. The summed E-state index contributed by atoms with van der Waals surface area (Å²) in [4.78, 5) is 11.4. The Balaban J connectivity index is 3.23. The molecule has 0 aliphatic carbocycles. The Kier molecular flexibility index (Phi) is 3.69. The molecule has 3 nitrogen and oxygen atoms in total. The number of hydrogen-bond donors (Lipinski definition) is 1. The standard InChI is InChI=1S/C10H8FNO2S/c1-2-14-10(13)6-3-4-8(11)7(5-12)9(6)15/h3-4,15H,2H2,1H3. The van der Waals surface area contributed by atoms with Crippen LogP contribution in [0.5, 0.6) is 0 Å². The molecule has 1 rings (SSSR count). The maximum atomic E-state index is 13.1. The molecule has 0 bridgehead atoms. The molecule has 0 atom stereocenters. The van der Waals surface area contributed by atoms with Gasteiger partial charge in [0.15, 0.2) is 0 Å². The zero-order chi connectivity index (χ0) is 11.4. The van der Waals surface area contributed by atoms with Crippen LogP contribution in [-0.4, -0.2) is 12.6 Å². The van der Waals surface area contributed by atoms with Crippen molar-refractivity contribution < 1.29 is 13.9 Å². The number of rotatable bonds is 2. The molecule has 78 valence electrons. The first-order valence-electron chi connectivity index (χ1n) is 4.20. The minimum absolute atomic E-state index is 0.0101. The van der Waals surface area contributed by atoms with Crippen LogP contribution in [0.3, 0.4) is 0 Å². The van der Waals surface area contributed by atoms with Gasteiger partial charge in [0.2, 0.25) is 0 Å². The summed E-state index contributed by atoms with van der Waals surface area (Å²) in [6, 6.07) is 3.93. The van der Waals surface area contributed by atoms with Gasteiger partial charge < -0.3 is 4.74 Å². The van der Waals surface area contributed by atoms with E-state index < -0.39 is 11.8 Å². The number of hydrogen-bond acceptors (Lipinski definition) is 4. The summed E-state index contributed by atoms with van der Waals surface area (Å²) in [5, 5.41) is 8.64. The molecule has 0 spiro atoms. The topological polar surface area (TPSA) is 50.1 Å². The van der Waals surface area contributed by atoms with E-state index in [1.807, 2.05) is 0 Å². The highest BCUT2D eigenvalue weighted by molar-refractivity contribution is 7.80. The number of nitriles is 1. The molecule has 1 aromatic carbocycles. The molecular weight excluding hydrogens is 217 g/mol. The molecule has 0 heterocycles. The molecule has 0 saturated carbocycles. The molecular formula is C10H8FNO2S. The van der Waals surface area contributed by atoms with Crippen molar-refractivity contribution in [1.82, 2.24) is 0 Å². The van der Waals surface area contributed by atoms with E-state index in [1.165, 1.54) is 6.07 Å². The Hall–Kier alpha value is -1.54.